The fourth-order valence-electron chi connectivity index (χ4n) is 2.28. The third kappa shape index (κ3) is 2.94. The molecule has 0 aliphatic heterocycles. The minimum absolute atomic E-state index is 0.118. The summed E-state index contributed by atoms with van der Waals surface area (Å²) < 4.78 is 29.4. The number of aromatic nitrogens is 3. The highest BCUT2D eigenvalue weighted by Crippen LogP contribution is 2.23. The molecule has 0 saturated heterocycles. The molecular formula is C14H17N5O2S. The Balaban J connectivity index is 2.49. The molecule has 2 aromatic rings. The molecule has 0 aromatic carbocycles. The molecule has 8 heteroatoms. The molecule has 0 radical (unpaired) electrons. The van der Waals surface area contributed by atoms with Crippen molar-refractivity contribution in [1.29, 1.82) is 5.26 Å². The highest BCUT2D eigenvalue weighted by molar-refractivity contribution is 7.92. The van der Waals surface area contributed by atoms with E-state index in [2.05, 4.69) is 14.8 Å². The summed E-state index contributed by atoms with van der Waals surface area (Å²) in [5, 5.41) is 13.1. The van der Waals surface area contributed by atoms with Gasteiger partial charge in [0, 0.05) is 13.2 Å². The van der Waals surface area contributed by atoms with Crippen molar-refractivity contribution >= 4 is 15.8 Å². The normalized spacial score (nSPS) is 11.2. The molecule has 0 spiro atoms. The van der Waals surface area contributed by atoms with Crippen LogP contribution in [0.4, 0.5) is 5.82 Å². The van der Waals surface area contributed by atoms with Crippen LogP contribution in [0.2, 0.25) is 0 Å². The Morgan fingerprint density at radius 3 is 2.68 bits per heavy atom. The summed E-state index contributed by atoms with van der Waals surface area (Å²) >= 11 is 0. The zero-order chi connectivity index (χ0) is 16.3. The quantitative estimate of drug-likeness (QED) is 0.902. The number of nitrogens with zero attached hydrogens (tertiary/aromatic N) is 4. The number of nitrogens with one attached hydrogen (secondary N) is 1. The van der Waals surface area contributed by atoms with Gasteiger partial charge in [0.05, 0.1) is 23.0 Å². The number of nitriles is 1. The molecule has 0 aliphatic rings. The standard InChI is InChI=1S/C14H17N5O2S/c1-4-11-14(12(5-2)19(3)17-11)22(20,21)18-13-8-10(9-15)6-7-16-13/h6-8H,4-5H2,1-3H3,(H,16,18). The van der Waals surface area contributed by atoms with Gasteiger partial charge in [0.25, 0.3) is 10.0 Å². The number of pyridine rings is 1. The summed E-state index contributed by atoms with van der Waals surface area (Å²) in [6.07, 6.45) is 2.45. The summed E-state index contributed by atoms with van der Waals surface area (Å²) in [6.45, 7) is 3.74. The van der Waals surface area contributed by atoms with Crippen LogP contribution in [0.3, 0.4) is 0 Å². The Labute approximate surface area is 129 Å². The van der Waals surface area contributed by atoms with Crippen molar-refractivity contribution in [3.05, 3.63) is 35.3 Å². The maximum absolute atomic E-state index is 12.7. The second kappa shape index (κ2) is 6.15. The number of hydrogen-bond donors (Lipinski definition) is 1. The van der Waals surface area contributed by atoms with Crippen molar-refractivity contribution in [3.63, 3.8) is 0 Å². The lowest BCUT2D eigenvalue weighted by Crippen LogP contribution is -2.17. The van der Waals surface area contributed by atoms with Crippen LogP contribution in [0.25, 0.3) is 0 Å². The molecule has 116 valence electrons. The number of aryl methyl sites for hydroxylation is 2. The van der Waals surface area contributed by atoms with Gasteiger partial charge >= 0.3 is 0 Å². The van der Waals surface area contributed by atoms with E-state index in [9.17, 15) is 8.42 Å². The van der Waals surface area contributed by atoms with Gasteiger partial charge in [0.2, 0.25) is 0 Å². The van der Waals surface area contributed by atoms with Crippen LogP contribution >= 0.6 is 0 Å². The molecule has 1 N–H and O–H groups in total. The number of anilines is 1. The predicted molar refractivity (Wildman–Crippen MR) is 81.7 cm³/mol. The Morgan fingerprint density at radius 1 is 1.36 bits per heavy atom. The average Bonchev–Trinajstić information content (AvgIpc) is 2.83. The first kappa shape index (κ1) is 16.0. The summed E-state index contributed by atoms with van der Waals surface area (Å²) in [7, 11) is -2.08. The van der Waals surface area contributed by atoms with Gasteiger partial charge in [-0.15, -0.1) is 0 Å². The molecule has 0 aliphatic carbocycles. The minimum Gasteiger partial charge on any atom is -0.271 e. The first-order chi connectivity index (χ1) is 10.4. The van der Waals surface area contributed by atoms with Crippen LogP contribution in [0.5, 0.6) is 0 Å². The van der Waals surface area contributed by atoms with Gasteiger partial charge in [0.15, 0.2) is 0 Å². The van der Waals surface area contributed by atoms with E-state index in [1.165, 1.54) is 18.3 Å². The fraction of sp³-hybridized carbons (Fsp3) is 0.357. The van der Waals surface area contributed by atoms with E-state index in [1.807, 2.05) is 19.9 Å². The molecule has 0 amide bonds. The molecule has 0 unspecified atom stereocenters. The van der Waals surface area contributed by atoms with Crippen LogP contribution in [0, 0.1) is 11.3 Å². The summed E-state index contributed by atoms with van der Waals surface area (Å²) in [5.41, 5.74) is 1.49. The molecule has 0 atom stereocenters. The third-order valence-electron chi connectivity index (χ3n) is 3.25. The zero-order valence-electron chi connectivity index (χ0n) is 12.7. The Hall–Kier alpha value is -2.40. The van der Waals surface area contributed by atoms with Gasteiger partial charge in [-0.25, -0.2) is 13.4 Å². The minimum atomic E-state index is -3.81. The van der Waals surface area contributed by atoms with Crippen LogP contribution < -0.4 is 4.72 Å². The maximum atomic E-state index is 12.7. The van der Waals surface area contributed by atoms with E-state index in [4.69, 9.17) is 5.26 Å². The van der Waals surface area contributed by atoms with Gasteiger partial charge in [-0.3, -0.25) is 9.40 Å². The van der Waals surface area contributed by atoms with Gasteiger partial charge in [-0.1, -0.05) is 13.8 Å². The Morgan fingerprint density at radius 2 is 2.09 bits per heavy atom. The molecule has 2 aromatic heterocycles. The monoisotopic (exact) mass is 319 g/mol. The van der Waals surface area contributed by atoms with Crippen molar-refractivity contribution in [2.45, 2.75) is 31.6 Å². The average molecular weight is 319 g/mol. The van der Waals surface area contributed by atoms with Crippen LogP contribution in [-0.4, -0.2) is 23.2 Å². The second-order valence-electron chi connectivity index (χ2n) is 4.70. The summed E-state index contributed by atoms with van der Waals surface area (Å²) in [6, 6.07) is 4.86. The van der Waals surface area contributed by atoms with Crippen molar-refractivity contribution in [2.75, 3.05) is 4.72 Å². The lowest BCUT2D eigenvalue weighted by atomic mass is 10.2. The van der Waals surface area contributed by atoms with Crippen LogP contribution in [0.1, 0.15) is 30.8 Å². The molecule has 22 heavy (non-hydrogen) atoms. The Kier molecular flexibility index (Phi) is 4.47. The van der Waals surface area contributed by atoms with Crippen molar-refractivity contribution in [1.82, 2.24) is 14.8 Å². The van der Waals surface area contributed by atoms with Crippen molar-refractivity contribution < 1.29 is 8.42 Å². The maximum Gasteiger partial charge on any atom is 0.266 e. The number of sulfonamides is 1. The fourth-order valence-corrected chi connectivity index (χ4v) is 3.85. The Bertz CT molecular complexity index is 833. The molecular weight excluding hydrogens is 302 g/mol. The first-order valence-corrected chi connectivity index (χ1v) is 8.35. The van der Waals surface area contributed by atoms with Crippen LogP contribution in [-0.2, 0) is 29.9 Å². The first-order valence-electron chi connectivity index (χ1n) is 6.86. The van der Waals surface area contributed by atoms with Gasteiger partial charge in [0.1, 0.15) is 10.7 Å². The van der Waals surface area contributed by atoms with Gasteiger partial charge < -0.3 is 0 Å². The third-order valence-corrected chi connectivity index (χ3v) is 4.74. The molecule has 7 nitrogen and oxygen atoms in total. The predicted octanol–water partition coefficient (Wildman–Crippen LogP) is 1.61. The SMILES string of the molecule is CCc1nn(C)c(CC)c1S(=O)(=O)Nc1cc(C#N)ccn1. The lowest BCUT2D eigenvalue weighted by molar-refractivity contribution is 0.598. The zero-order valence-corrected chi connectivity index (χ0v) is 13.5. The second-order valence-corrected chi connectivity index (χ2v) is 6.32. The van der Waals surface area contributed by atoms with E-state index in [0.717, 1.165) is 0 Å². The molecule has 0 bridgehead atoms. The van der Waals surface area contributed by atoms with Crippen LogP contribution in [0.15, 0.2) is 23.2 Å². The summed E-state index contributed by atoms with van der Waals surface area (Å²) in [4.78, 5) is 4.15. The van der Waals surface area contributed by atoms with E-state index in [-0.39, 0.29) is 10.7 Å². The van der Waals surface area contributed by atoms with E-state index < -0.39 is 10.0 Å². The molecule has 2 heterocycles. The molecule has 2 rings (SSSR count). The van der Waals surface area contributed by atoms with Gasteiger partial charge in [-0.05, 0) is 25.0 Å². The highest BCUT2D eigenvalue weighted by atomic mass is 32.2. The van der Waals surface area contributed by atoms with Crippen molar-refractivity contribution in [2.24, 2.45) is 7.05 Å². The van der Waals surface area contributed by atoms with E-state index in [0.29, 0.717) is 29.8 Å². The highest BCUT2D eigenvalue weighted by Gasteiger charge is 2.26. The number of hydrogen-bond acceptors (Lipinski definition) is 5. The topological polar surface area (TPSA) is 101 Å². The van der Waals surface area contributed by atoms with Crippen molar-refractivity contribution in [3.8, 4) is 6.07 Å². The van der Waals surface area contributed by atoms with E-state index >= 15 is 0 Å². The molecule has 0 saturated carbocycles. The van der Waals surface area contributed by atoms with Gasteiger partial charge in [-0.2, -0.15) is 10.4 Å². The largest absolute Gasteiger partial charge is 0.271 e. The number of rotatable bonds is 5. The van der Waals surface area contributed by atoms with E-state index in [1.54, 1.807) is 11.7 Å². The smallest absolute Gasteiger partial charge is 0.266 e. The lowest BCUT2D eigenvalue weighted by Gasteiger charge is -2.09. The molecule has 0 fully saturated rings. The summed E-state index contributed by atoms with van der Waals surface area (Å²) in [5.74, 6) is 0.118.